The van der Waals surface area contributed by atoms with Gasteiger partial charge in [0, 0.05) is 6.54 Å². The molecule has 92 valence electrons. The SMILES string of the molecule is CCOC(=O)NCCC(=O)OC[C@@H]1C[C@@H]1C. The van der Waals surface area contributed by atoms with Gasteiger partial charge in [-0.3, -0.25) is 4.79 Å². The standard InChI is InChI=1S/C11H19NO4/c1-3-15-11(14)12-5-4-10(13)16-7-9-6-8(9)2/h8-9H,3-7H2,1-2H3,(H,12,14)/t8-,9-/m0/s1. The summed E-state index contributed by atoms with van der Waals surface area (Å²) >= 11 is 0. The van der Waals surface area contributed by atoms with Crippen LogP contribution in [0.15, 0.2) is 0 Å². The number of alkyl carbamates (subject to hydrolysis) is 1. The minimum Gasteiger partial charge on any atom is -0.465 e. The van der Waals surface area contributed by atoms with E-state index in [2.05, 4.69) is 17.0 Å². The highest BCUT2D eigenvalue weighted by Gasteiger charge is 2.33. The largest absolute Gasteiger partial charge is 0.465 e. The first-order valence-electron chi connectivity index (χ1n) is 5.69. The maximum absolute atomic E-state index is 11.2. The van der Waals surface area contributed by atoms with Gasteiger partial charge in [0.1, 0.15) is 0 Å². The Kier molecular flexibility index (Phi) is 5.08. The van der Waals surface area contributed by atoms with E-state index in [0.717, 1.165) is 6.42 Å². The van der Waals surface area contributed by atoms with Gasteiger partial charge in [-0.1, -0.05) is 6.92 Å². The Balaban J connectivity index is 1.95. The summed E-state index contributed by atoms with van der Waals surface area (Å²) in [4.78, 5) is 22.1. The van der Waals surface area contributed by atoms with E-state index in [0.29, 0.717) is 25.0 Å². The second-order valence-corrected chi connectivity index (χ2v) is 4.05. The van der Waals surface area contributed by atoms with Crippen molar-refractivity contribution < 1.29 is 19.1 Å². The van der Waals surface area contributed by atoms with Gasteiger partial charge in [-0.2, -0.15) is 0 Å². The van der Waals surface area contributed by atoms with Crippen LogP contribution in [0.4, 0.5) is 4.79 Å². The van der Waals surface area contributed by atoms with Crippen molar-refractivity contribution in [2.24, 2.45) is 11.8 Å². The van der Waals surface area contributed by atoms with Crippen LogP contribution < -0.4 is 5.32 Å². The summed E-state index contributed by atoms with van der Waals surface area (Å²) in [5, 5.41) is 2.46. The highest BCUT2D eigenvalue weighted by atomic mass is 16.5. The summed E-state index contributed by atoms with van der Waals surface area (Å²) in [6.07, 6.45) is 0.847. The van der Waals surface area contributed by atoms with E-state index >= 15 is 0 Å². The van der Waals surface area contributed by atoms with Gasteiger partial charge in [-0.05, 0) is 25.2 Å². The van der Waals surface area contributed by atoms with Crippen molar-refractivity contribution >= 4 is 12.1 Å². The average Bonchev–Trinajstić information content (AvgIpc) is 2.92. The van der Waals surface area contributed by atoms with Gasteiger partial charge < -0.3 is 14.8 Å². The maximum Gasteiger partial charge on any atom is 0.407 e. The van der Waals surface area contributed by atoms with E-state index in [4.69, 9.17) is 4.74 Å². The van der Waals surface area contributed by atoms with Crippen LogP contribution in [0.3, 0.4) is 0 Å². The number of hydrogen-bond acceptors (Lipinski definition) is 4. The minimum absolute atomic E-state index is 0.194. The molecule has 2 atom stereocenters. The topological polar surface area (TPSA) is 64.6 Å². The molecule has 1 saturated carbocycles. The Hall–Kier alpha value is -1.26. The molecular formula is C11H19NO4. The fourth-order valence-electron chi connectivity index (χ4n) is 1.35. The molecule has 0 bridgehead atoms. The third kappa shape index (κ3) is 5.00. The zero-order valence-electron chi connectivity index (χ0n) is 9.82. The summed E-state index contributed by atoms with van der Waals surface area (Å²) in [5.74, 6) is 0.961. The highest BCUT2D eigenvalue weighted by Crippen LogP contribution is 2.37. The van der Waals surface area contributed by atoms with Gasteiger partial charge in [0.05, 0.1) is 19.6 Å². The summed E-state index contributed by atoms with van der Waals surface area (Å²) in [5.41, 5.74) is 0. The van der Waals surface area contributed by atoms with E-state index in [1.165, 1.54) is 0 Å². The van der Waals surface area contributed by atoms with Crippen molar-refractivity contribution in [3.8, 4) is 0 Å². The number of rotatable bonds is 6. The number of carbonyl (C=O) groups is 2. The normalized spacial score (nSPS) is 22.4. The van der Waals surface area contributed by atoms with Gasteiger partial charge in [0.25, 0.3) is 0 Å². The molecule has 0 spiro atoms. The zero-order chi connectivity index (χ0) is 12.0. The second-order valence-electron chi connectivity index (χ2n) is 4.05. The van der Waals surface area contributed by atoms with Crippen LogP contribution in [-0.2, 0) is 14.3 Å². The highest BCUT2D eigenvalue weighted by molar-refractivity contribution is 5.71. The molecule has 0 aromatic rings. The summed E-state index contributed by atoms with van der Waals surface area (Å²) in [7, 11) is 0. The van der Waals surface area contributed by atoms with Crippen LogP contribution >= 0.6 is 0 Å². The van der Waals surface area contributed by atoms with Gasteiger partial charge in [0.15, 0.2) is 0 Å². The van der Waals surface area contributed by atoms with Crippen LogP contribution in [0, 0.1) is 11.8 Å². The second kappa shape index (κ2) is 6.35. The predicted octanol–water partition coefficient (Wildman–Crippen LogP) is 1.32. The molecule has 0 aromatic carbocycles. The molecule has 0 aliphatic heterocycles. The molecule has 1 aliphatic rings. The smallest absolute Gasteiger partial charge is 0.407 e. The van der Waals surface area contributed by atoms with E-state index < -0.39 is 6.09 Å². The van der Waals surface area contributed by atoms with Crippen molar-refractivity contribution in [2.75, 3.05) is 19.8 Å². The summed E-state index contributed by atoms with van der Waals surface area (Å²) < 4.78 is 9.69. The molecule has 1 rings (SSSR count). The van der Waals surface area contributed by atoms with Crippen molar-refractivity contribution in [3.05, 3.63) is 0 Å². The molecule has 0 aromatic heterocycles. The number of nitrogens with one attached hydrogen (secondary N) is 1. The number of ether oxygens (including phenoxy) is 2. The Bertz CT molecular complexity index is 254. The van der Waals surface area contributed by atoms with E-state index in [-0.39, 0.29) is 18.9 Å². The quantitative estimate of drug-likeness (QED) is 0.698. The van der Waals surface area contributed by atoms with Crippen LogP contribution in [-0.4, -0.2) is 31.8 Å². The lowest BCUT2D eigenvalue weighted by Crippen LogP contribution is -2.27. The first-order valence-corrected chi connectivity index (χ1v) is 5.69. The molecule has 1 N–H and O–H groups in total. The molecule has 0 heterocycles. The monoisotopic (exact) mass is 229 g/mol. The van der Waals surface area contributed by atoms with E-state index in [1.54, 1.807) is 6.92 Å². The lowest BCUT2D eigenvalue weighted by atomic mass is 10.3. The van der Waals surface area contributed by atoms with Crippen LogP contribution in [0.2, 0.25) is 0 Å². The summed E-state index contributed by atoms with van der Waals surface area (Å²) in [6, 6.07) is 0. The third-order valence-corrected chi connectivity index (χ3v) is 2.61. The lowest BCUT2D eigenvalue weighted by Gasteiger charge is -2.05. The van der Waals surface area contributed by atoms with Gasteiger partial charge >= 0.3 is 12.1 Å². The minimum atomic E-state index is -0.494. The number of esters is 1. The first-order chi connectivity index (χ1) is 7.63. The predicted molar refractivity (Wildman–Crippen MR) is 57.9 cm³/mol. The number of hydrogen-bond donors (Lipinski definition) is 1. The van der Waals surface area contributed by atoms with Crippen LogP contribution in [0.1, 0.15) is 26.7 Å². The molecule has 0 unspecified atom stereocenters. The molecule has 0 radical (unpaired) electrons. The van der Waals surface area contributed by atoms with Crippen molar-refractivity contribution in [1.82, 2.24) is 5.32 Å². The number of amides is 1. The van der Waals surface area contributed by atoms with Gasteiger partial charge in [-0.15, -0.1) is 0 Å². The molecule has 5 heteroatoms. The molecule has 1 fully saturated rings. The van der Waals surface area contributed by atoms with E-state index in [1.807, 2.05) is 0 Å². The Morgan fingerprint density at radius 3 is 2.62 bits per heavy atom. The van der Waals surface area contributed by atoms with Crippen LogP contribution in [0.5, 0.6) is 0 Å². The van der Waals surface area contributed by atoms with Crippen LogP contribution in [0.25, 0.3) is 0 Å². The van der Waals surface area contributed by atoms with Gasteiger partial charge in [-0.25, -0.2) is 4.79 Å². The van der Waals surface area contributed by atoms with E-state index in [9.17, 15) is 9.59 Å². The van der Waals surface area contributed by atoms with Gasteiger partial charge in [0.2, 0.25) is 0 Å². The lowest BCUT2D eigenvalue weighted by molar-refractivity contribution is -0.144. The van der Waals surface area contributed by atoms with Crippen molar-refractivity contribution in [1.29, 1.82) is 0 Å². The fourth-order valence-corrected chi connectivity index (χ4v) is 1.35. The summed E-state index contributed by atoms with van der Waals surface area (Å²) in [6.45, 7) is 4.97. The first kappa shape index (κ1) is 12.8. The molecule has 1 amide bonds. The molecular weight excluding hydrogens is 210 g/mol. The maximum atomic E-state index is 11.2. The Morgan fingerprint density at radius 2 is 2.06 bits per heavy atom. The van der Waals surface area contributed by atoms with Crippen molar-refractivity contribution in [2.45, 2.75) is 26.7 Å². The average molecular weight is 229 g/mol. The molecule has 16 heavy (non-hydrogen) atoms. The Labute approximate surface area is 95.5 Å². The molecule has 0 saturated heterocycles. The third-order valence-electron chi connectivity index (χ3n) is 2.61. The number of carbonyl (C=O) groups excluding carboxylic acids is 2. The zero-order valence-corrected chi connectivity index (χ0v) is 9.82. The fraction of sp³-hybridized carbons (Fsp3) is 0.818. The molecule has 5 nitrogen and oxygen atoms in total. The Morgan fingerprint density at radius 1 is 1.38 bits per heavy atom. The molecule has 1 aliphatic carbocycles. The van der Waals surface area contributed by atoms with Crippen molar-refractivity contribution in [3.63, 3.8) is 0 Å².